The Morgan fingerprint density at radius 3 is 2.64 bits per heavy atom. The summed E-state index contributed by atoms with van der Waals surface area (Å²) in [5, 5.41) is 12.2. The minimum Gasteiger partial charge on any atom is -0.481 e. The number of fused-ring (bicyclic) bond motifs is 1. The van der Waals surface area contributed by atoms with Crippen LogP contribution >= 0.6 is 0 Å². The van der Waals surface area contributed by atoms with E-state index < -0.39 is 5.97 Å². The molecule has 1 fully saturated rings. The number of nitrogens with one attached hydrogen (secondary N) is 1. The van der Waals surface area contributed by atoms with Crippen molar-refractivity contribution in [2.24, 2.45) is 5.92 Å². The third kappa shape index (κ3) is 4.01. The minimum atomic E-state index is -0.729. The van der Waals surface area contributed by atoms with Crippen LogP contribution in [0.5, 0.6) is 0 Å². The monoisotopic (exact) mass is 385 g/mol. The highest BCUT2D eigenvalue weighted by Gasteiger charge is 2.24. The molecule has 3 heterocycles. The van der Waals surface area contributed by atoms with Gasteiger partial charge in [0.15, 0.2) is 5.82 Å². The summed E-state index contributed by atoms with van der Waals surface area (Å²) in [6.07, 6.45) is 11.8. The van der Waals surface area contributed by atoms with Gasteiger partial charge in [0.1, 0.15) is 0 Å². The molecule has 150 valence electrons. The number of carboxylic acid groups (broad SMARTS) is 1. The molecule has 0 aromatic carbocycles. The van der Waals surface area contributed by atoms with Gasteiger partial charge in [-0.2, -0.15) is 0 Å². The molecule has 0 radical (unpaired) electrons. The van der Waals surface area contributed by atoms with Crippen LogP contribution in [0.25, 0.3) is 5.82 Å². The van der Waals surface area contributed by atoms with Gasteiger partial charge in [0.25, 0.3) is 0 Å². The lowest BCUT2D eigenvalue weighted by molar-refractivity contribution is -0.137. The van der Waals surface area contributed by atoms with Crippen molar-refractivity contribution in [1.29, 1.82) is 0 Å². The highest BCUT2D eigenvalue weighted by atomic mass is 16.4. The first kappa shape index (κ1) is 18.9. The van der Waals surface area contributed by atoms with Crippen molar-refractivity contribution in [2.75, 3.05) is 13.1 Å². The first-order chi connectivity index (χ1) is 13.6. The van der Waals surface area contributed by atoms with Crippen molar-refractivity contribution in [3.63, 3.8) is 0 Å². The van der Waals surface area contributed by atoms with E-state index in [1.54, 1.807) is 17.0 Å². The van der Waals surface area contributed by atoms with E-state index in [0.29, 0.717) is 11.7 Å². The molecule has 0 amide bonds. The summed E-state index contributed by atoms with van der Waals surface area (Å²) in [6, 6.07) is 0.174. The number of hydrogen-bond donors (Lipinski definition) is 2. The minimum absolute atomic E-state index is 0.0741. The molecule has 2 aromatic rings. The van der Waals surface area contributed by atoms with Gasteiger partial charge in [-0.15, -0.1) is 0 Å². The maximum atomic E-state index is 13.0. The quantitative estimate of drug-likeness (QED) is 0.812. The SMILES string of the molecule is O=C(O)CCC1CCC(n2ccn(-c3cnc4c(n3)CCNCC4)c2=O)CC1. The number of imidazole rings is 1. The molecule has 1 saturated carbocycles. The van der Waals surface area contributed by atoms with E-state index in [4.69, 9.17) is 10.1 Å². The summed E-state index contributed by atoms with van der Waals surface area (Å²) in [5.41, 5.74) is 1.91. The van der Waals surface area contributed by atoms with E-state index in [0.717, 1.165) is 69.4 Å². The van der Waals surface area contributed by atoms with Crippen LogP contribution in [0.4, 0.5) is 0 Å². The average molecular weight is 385 g/mol. The molecule has 0 unspecified atom stereocenters. The Morgan fingerprint density at radius 1 is 1.14 bits per heavy atom. The number of rotatable bonds is 5. The fourth-order valence-corrected chi connectivity index (χ4v) is 4.39. The number of carbonyl (C=O) groups is 1. The number of aromatic nitrogens is 4. The second kappa shape index (κ2) is 8.26. The van der Waals surface area contributed by atoms with Crippen molar-refractivity contribution >= 4 is 5.97 Å². The molecule has 0 saturated heterocycles. The molecule has 28 heavy (non-hydrogen) atoms. The Kier molecular flexibility index (Phi) is 5.57. The largest absolute Gasteiger partial charge is 0.481 e. The van der Waals surface area contributed by atoms with Crippen LogP contribution < -0.4 is 11.0 Å². The lowest BCUT2D eigenvalue weighted by atomic mass is 9.83. The number of carboxylic acids is 1. The van der Waals surface area contributed by atoms with Gasteiger partial charge in [0.2, 0.25) is 0 Å². The zero-order valence-electron chi connectivity index (χ0n) is 16.0. The molecular weight excluding hydrogens is 358 g/mol. The van der Waals surface area contributed by atoms with Gasteiger partial charge in [-0.3, -0.25) is 18.9 Å². The average Bonchev–Trinajstić information content (AvgIpc) is 2.93. The number of hydrogen-bond acceptors (Lipinski definition) is 5. The first-order valence-corrected chi connectivity index (χ1v) is 10.2. The van der Waals surface area contributed by atoms with Crippen LogP contribution in [0.15, 0.2) is 23.4 Å². The smallest absolute Gasteiger partial charge is 0.334 e. The fraction of sp³-hybridized carbons (Fsp3) is 0.600. The first-order valence-electron chi connectivity index (χ1n) is 10.2. The molecular formula is C20H27N5O3. The summed E-state index contributed by atoms with van der Waals surface area (Å²) in [5.74, 6) is 0.307. The topological polar surface area (TPSA) is 102 Å². The number of nitrogens with zero attached hydrogens (tertiary/aromatic N) is 4. The van der Waals surface area contributed by atoms with E-state index in [2.05, 4.69) is 10.3 Å². The lowest BCUT2D eigenvalue weighted by Crippen LogP contribution is -2.29. The second-order valence-electron chi connectivity index (χ2n) is 7.84. The summed E-state index contributed by atoms with van der Waals surface area (Å²) < 4.78 is 3.39. The Hall–Kier alpha value is -2.48. The van der Waals surface area contributed by atoms with Gasteiger partial charge >= 0.3 is 11.7 Å². The Morgan fingerprint density at radius 2 is 1.89 bits per heavy atom. The molecule has 0 bridgehead atoms. The maximum absolute atomic E-state index is 13.0. The molecule has 1 aliphatic heterocycles. The van der Waals surface area contributed by atoms with E-state index in [9.17, 15) is 9.59 Å². The van der Waals surface area contributed by atoms with Crippen molar-refractivity contribution in [3.8, 4) is 5.82 Å². The molecule has 2 N–H and O–H groups in total. The van der Waals surface area contributed by atoms with E-state index >= 15 is 0 Å². The standard InChI is InChI=1S/C20H27N5O3/c26-19(27)6-3-14-1-4-15(5-2-14)24-11-12-25(20(24)28)18-13-22-16-7-9-21-10-8-17(16)23-18/h11-15,21H,1-10H2,(H,26,27). The van der Waals surface area contributed by atoms with E-state index in [-0.39, 0.29) is 18.2 Å². The highest BCUT2D eigenvalue weighted by molar-refractivity contribution is 5.66. The van der Waals surface area contributed by atoms with E-state index in [1.807, 2.05) is 10.8 Å². The van der Waals surface area contributed by atoms with Crippen molar-refractivity contribution < 1.29 is 9.90 Å². The summed E-state index contributed by atoms with van der Waals surface area (Å²) in [6.45, 7) is 1.79. The van der Waals surface area contributed by atoms with Crippen LogP contribution in [0.3, 0.4) is 0 Å². The molecule has 2 aromatic heterocycles. The molecule has 4 rings (SSSR count). The van der Waals surface area contributed by atoms with Gasteiger partial charge in [-0.25, -0.2) is 9.78 Å². The fourth-order valence-electron chi connectivity index (χ4n) is 4.39. The van der Waals surface area contributed by atoms with Crippen LogP contribution in [0.1, 0.15) is 56.0 Å². The number of aliphatic carboxylic acids is 1. The van der Waals surface area contributed by atoms with Gasteiger partial charge in [-0.1, -0.05) is 0 Å². The third-order valence-corrected chi connectivity index (χ3v) is 6.02. The zero-order valence-corrected chi connectivity index (χ0v) is 16.0. The zero-order chi connectivity index (χ0) is 19.5. The summed E-state index contributed by atoms with van der Waals surface area (Å²) in [7, 11) is 0. The normalized spacial score (nSPS) is 22.4. The second-order valence-corrected chi connectivity index (χ2v) is 7.84. The van der Waals surface area contributed by atoms with Crippen LogP contribution in [0.2, 0.25) is 0 Å². The molecule has 8 nitrogen and oxygen atoms in total. The van der Waals surface area contributed by atoms with Gasteiger partial charge < -0.3 is 10.4 Å². The maximum Gasteiger partial charge on any atom is 0.334 e. The summed E-state index contributed by atoms with van der Waals surface area (Å²) in [4.78, 5) is 33.0. The van der Waals surface area contributed by atoms with Crippen molar-refractivity contribution in [3.05, 3.63) is 40.5 Å². The molecule has 0 atom stereocenters. The van der Waals surface area contributed by atoms with Crippen LogP contribution in [-0.2, 0) is 17.6 Å². The van der Waals surface area contributed by atoms with Gasteiger partial charge in [0, 0.05) is 50.8 Å². The molecule has 1 aliphatic carbocycles. The molecule has 2 aliphatic rings. The Labute approximate surface area is 163 Å². The van der Waals surface area contributed by atoms with E-state index in [1.165, 1.54) is 0 Å². The van der Waals surface area contributed by atoms with Gasteiger partial charge in [0.05, 0.1) is 17.6 Å². The summed E-state index contributed by atoms with van der Waals surface area (Å²) >= 11 is 0. The molecule has 8 heteroatoms. The third-order valence-electron chi connectivity index (χ3n) is 6.02. The Balaban J connectivity index is 1.47. The Bertz CT molecular complexity index is 895. The highest BCUT2D eigenvalue weighted by Crippen LogP contribution is 2.33. The van der Waals surface area contributed by atoms with Crippen molar-refractivity contribution in [2.45, 2.75) is 57.4 Å². The van der Waals surface area contributed by atoms with Crippen molar-refractivity contribution in [1.82, 2.24) is 24.4 Å². The lowest BCUT2D eigenvalue weighted by Gasteiger charge is -2.28. The predicted molar refractivity (Wildman–Crippen MR) is 104 cm³/mol. The van der Waals surface area contributed by atoms with Crippen LogP contribution in [-0.4, -0.2) is 43.3 Å². The van der Waals surface area contributed by atoms with Gasteiger partial charge in [-0.05, 0) is 38.0 Å². The predicted octanol–water partition coefficient (Wildman–Crippen LogP) is 1.71. The van der Waals surface area contributed by atoms with Crippen LogP contribution in [0, 0.1) is 5.92 Å². The molecule has 0 spiro atoms.